The van der Waals surface area contributed by atoms with E-state index in [9.17, 15) is 0 Å². The molecule has 0 aromatic rings. The molecular formula is C8H16B. The van der Waals surface area contributed by atoms with Crippen LogP contribution in [-0.4, -0.2) is 7.28 Å². The summed E-state index contributed by atoms with van der Waals surface area (Å²) in [5, 5.41) is 0. The van der Waals surface area contributed by atoms with Crippen molar-refractivity contribution in [1.82, 2.24) is 0 Å². The summed E-state index contributed by atoms with van der Waals surface area (Å²) in [5.74, 6) is 2.88. The third-order valence-electron chi connectivity index (χ3n) is 1.38. The standard InChI is InChI=1S/C8H16B/c1-4-5-8(2)6-7-9-3/h6-8H,4-5H2,1-3H3/b7-6-. The zero-order valence-corrected chi connectivity index (χ0v) is 6.72. The molecule has 1 atom stereocenters. The Morgan fingerprint density at radius 3 is 2.67 bits per heavy atom. The highest BCUT2D eigenvalue weighted by Crippen LogP contribution is 2.05. The van der Waals surface area contributed by atoms with Crippen LogP contribution in [0.4, 0.5) is 0 Å². The van der Waals surface area contributed by atoms with Gasteiger partial charge < -0.3 is 0 Å². The lowest BCUT2D eigenvalue weighted by molar-refractivity contribution is 0.635. The zero-order valence-electron chi connectivity index (χ0n) is 6.72. The van der Waals surface area contributed by atoms with Gasteiger partial charge in [0, 0.05) is 0 Å². The zero-order chi connectivity index (χ0) is 7.11. The summed E-state index contributed by atoms with van der Waals surface area (Å²) in [7, 11) is 2.08. The van der Waals surface area contributed by atoms with Crippen LogP contribution in [0.1, 0.15) is 26.7 Å². The van der Waals surface area contributed by atoms with E-state index in [-0.39, 0.29) is 0 Å². The lowest BCUT2D eigenvalue weighted by atomic mass is 9.81. The summed E-state index contributed by atoms with van der Waals surface area (Å²) in [6.45, 7) is 6.53. The Morgan fingerprint density at radius 2 is 2.22 bits per heavy atom. The number of allylic oxidation sites excluding steroid dienone is 1. The van der Waals surface area contributed by atoms with Crippen LogP contribution >= 0.6 is 0 Å². The van der Waals surface area contributed by atoms with Crippen LogP contribution in [0, 0.1) is 5.92 Å². The molecule has 0 aromatic heterocycles. The third kappa shape index (κ3) is 5.68. The molecule has 9 heavy (non-hydrogen) atoms. The highest BCUT2D eigenvalue weighted by Gasteiger charge is 1.91. The van der Waals surface area contributed by atoms with Crippen LogP contribution in [-0.2, 0) is 0 Å². The normalized spacial score (nSPS) is 14.1. The monoisotopic (exact) mass is 123 g/mol. The van der Waals surface area contributed by atoms with Gasteiger partial charge in [0.1, 0.15) is 7.28 Å². The Morgan fingerprint density at radius 1 is 1.56 bits per heavy atom. The van der Waals surface area contributed by atoms with E-state index in [2.05, 4.69) is 40.0 Å². The number of rotatable bonds is 4. The molecule has 0 aromatic carbocycles. The van der Waals surface area contributed by atoms with Crippen molar-refractivity contribution in [3.63, 3.8) is 0 Å². The molecule has 0 bridgehead atoms. The van der Waals surface area contributed by atoms with Crippen molar-refractivity contribution in [3.05, 3.63) is 12.1 Å². The van der Waals surface area contributed by atoms with Gasteiger partial charge >= 0.3 is 0 Å². The SMILES string of the molecule is C[B]/C=C\C(C)CCC. The van der Waals surface area contributed by atoms with Gasteiger partial charge in [-0.2, -0.15) is 0 Å². The van der Waals surface area contributed by atoms with Crippen LogP contribution in [0.3, 0.4) is 0 Å². The number of hydrogen-bond donors (Lipinski definition) is 0. The molecule has 0 saturated heterocycles. The Balaban J connectivity index is 3.25. The summed E-state index contributed by atoms with van der Waals surface area (Å²) >= 11 is 0. The van der Waals surface area contributed by atoms with Gasteiger partial charge in [0.05, 0.1) is 0 Å². The Labute approximate surface area is 59.6 Å². The summed E-state index contributed by atoms with van der Waals surface area (Å²) < 4.78 is 0. The predicted molar refractivity (Wildman–Crippen MR) is 44.8 cm³/mol. The van der Waals surface area contributed by atoms with E-state index in [1.807, 2.05) is 0 Å². The molecule has 0 saturated carbocycles. The smallest absolute Gasteiger partial charge is 0.127 e. The van der Waals surface area contributed by atoms with E-state index < -0.39 is 0 Å². The highest BCUT2D eigenvalue weighted by atomic mass is 14.0. The fourth-order valence-corrected chi connectivity index (χ4v) is 0.852. The van der Waals surface area contributed by atoms with Crippen molar-refractivity contribution < 1.29 is 0 Å². The fourth-order valence-electron chi connectivity index (χ4n) is 0.852. The van der Waals surface area contributed by atoms with E-state index in [1.54, 1.807) is 0 Å². The molecule has 0 heterocycles. The second-order valence-electron chi connectivity index (χ2n) is 2.48. The summed E-state index contributed by atoms with van der Waals surface area (Å²) in [4.78, 5) is 0. The summed E-state index contributed by atoms with van der Waals surface area (Å²) in [6, 6.07) is 0. The van der Waals surface area contributed by atoms with Gasteiger partial charge in [-0.05, 0) is 12.3 Å². The number of hydrogen-bond acceptors (Lipinski definition) is 0. The lowest BCUT2D eigenvalue weighted by Crippen LogP contribution is -1.87. The van der Waals surface area contributed by atoms with E-state index in [4.69, 9.17) is 0 Å². The lowest BCUT2D eigenvalue weighted by Gasteiger charge is -2.00. The van der Waals surface area contributed by atoms with Gasteiger partial charge in [-0.15, -0.1) is 5.98 Å². The van der Waals surface area contributed by atoms with Crippen LogP contribution in [0.2, 0.25) is 6.82 Å². The molecule has 0 fully saturated rings. The van der Waals surface area contributed by atoms with Gasteiger partial charge in [0.15, 0.2) is 0 Å². The highest BCUT2D eigenvalue weighted by molar-refractivity contribution is 6.40. The minimum absolute atomic E-state index is 0.756. The van der Waals surface area contributed by atoms with Crippen molar-refractivity contribution in [1.29, 1.82) is 0 Å². The second kappa shape index (κ2) is 5.93. The first-order chi connectivity index (χ1) is 4.31. The van der Waals surface area contributed by atoms with E-state index >= 15 is 0 Å². The molecule has 1 radical (unpaired) electrons. The molecule has 0 aliphatic heterocycles. The first kappa shape index (κ1) is 8.80. The molecule has 0 spiro atoms. The predicted octanol–water partition coefficient (Wildman–Crippen LogP) is 2.69. The maximum Gasteiger partial charge on any atom is 0.137 e. The first-order valence-electron chi connectivity index (χ1n) is 3.77. The molecule has 0 nitrogen and oxygen atoms in total. The molecule has 1 heteroatoms. The molecule has 51 valence electrons. The second-order valence-corrected chi connectivity index (χ2v) is 2.48. The quantitative estimate of drug-likeness (QED) is 0.504. The van der Waals surface area contributed by atoms with E-state index in [0.29, 0.717) is 0 Å². The van der Waals surface area contributed by atoms with E-state index in [1.165, 1.54) is 12.8 Å². The topological polar surface area (TPSA) is 0 Å². The van der Waals surface area contributed by atoms with Crippen molar-refractivity contribution in [3.8, 4) is 0 Å². The first-order valence-corrected chi connectivity index (χ1v) is 3.77. The minimum Gasteiger partial charge on any atom is -0.127 e. The Kier molecular flexibility index (Phi) is 5.80. The summed E-state index contributed by atoms with van der Waals surface area (Å²) in [6.07, 6.45) is 4.85. The van der Waals surface area contributed by atoms with Gasteiger partial charge in [0.2, 0.25) is 0 Å². The Hall–Kier alpha value is -0.195. The van der Waals surface area contributed by atoms with Crippen LogP contribution in [0.15, 0.2) is 12.1 Å². The third-order valence-corrected chi connectivity index (χ3v) is 1.38. The van der Waals surface area contributed by atoms with Crippen molar-refractivity contribution >= 4 is 7.28 Å². The van der Waals surface area contributed by atoms with Crippen LogP contribution in [0.5, 0.6) is 0 Å². The van der Waals surface area contributed by atoms with Crippen molar-refractivity contribution in [2.24, 2.45) is 5.92 Å². The molecule has 0 N–H and O–H groups in total. The largest absolute Gasteiger partial charge is 0.137 e. The molecule has 0 amide bonds. The van der Waals surface area contributed by atoms with Gasteiger partial charge in [-0.25, -0.2) is 0 Å². The van der Waals surface area contributed by atoms with Gasteiger partial charge in [-0.1, -0.05) is 33.2 Å². The van der Waals surface area contributed by atoms with Crippen molar-refractivity contribution in [2.75, 3.05) is 0 Å². The average Bonchev–Trinajstić information content (AvgIpc) is 1.85. The van der Waals surface area contributed by atoms with Crippen molar-refractivity contribution in [2.45, 2.75) is 33.5 Å². The van der Waals surface area contributed by atoms with Gasteiger partial charge in [-0.3, -0.25) is 0 Å². The fraction of sp³-hybridized carbons (Fsp3) is 0.750. The van der Waals surface area contributed by atoms with Gasteiger partial charge in [0.25, 0.3) is 0 Å². The van der Waals surface area contributed by atoms with E-state index in [0.717, 1.165) is 5.92 Å². The Bertz CT molecular complexity index is 76.6. The molecule has 1 unspecified atom stereocenters. The molecular weight excluding hydrogens is 107 g/mol. The maximum atomic E-state index is 2.25. The van der Waals surface area contributed by atoms with Crippen LogP contribution < -0.4 is 0 Å². The average molecular weight is 123 g/mol. The summed E-state index contributed by atoms with van der Waals surface area (Å²) in [5.41, 5.74) is 0. The minimum atomic E-state index is 0.756. The molecule has 0 aliphatic carbocycles. The van der Waals surface area contributed by atoms with Crippen LogP contribution in [0.25, 0.3) is 0 Å². The molecule has 0 rings (SSSR count). The maximum absolute atomic E-state index is 2.25. The molecule has 0 aliphatic rings.